The molecule has 1 fully saturated rings. The fraction of sp³-hybridized carbons (Fsp3) is 0.467. The highest BCUT2D eigenvalue weighted by Crippen LogP contribution is 2.32. The molecule has 1 N–H and O–H groups in total. The van der Waals surface area contributed by atoms with Crippen LogP contribution < -0.4 is 5.32 Å². The van der Waals surface area contributed by atoms with E-state index in [1.54, 1.807) is 0 Å². The lowest BCUT2D eigenvalue weighted by Gasteiger charge is -2.20. The second kappa shape index (κ2) is 5.12. The van der Waals surface area contributed by atoms with Gasteiger partial charge in [-0.2, -0.15) is 0 Å². The van der Waals surface area contributed by atoms with Gasteiger partial charge in [0.05, 0.1) is 12.6 Å². The molecule has 3 rings (SSSR count). The molecule has 1 aromatic heterocycles. The van der Waals surface area contributed by atoms with Crippen molar-refractivity contribution in [3.63, 3.8) is 0 Å². The van der Waals surface area contributed by atoms with Crippen LogP contribution in [0.3, 0.4) is 0 Å². The van der Waals surface area contributed by atoms with Crippen LogP contribution in [-0.4, -0.2) is 19.8 Å². The summed E-state index contributed by atoms with van der Waals surface area (Å²) in [7, 11) is 0. The van der Waals surface area contributed by atoms with Crippen LogP contribution in [0.25, 0.3) is 11.0 Å². The second-order valence-corrected chi connectivity index (χ2v) is 4.85. The van der Waals surface area contributed by atoms with Crippen LogP contribution in [0.2, 0.25) is 0 Å². The average molecular weight is 245 g/mol. The maximum Gasteiger partial charge on any atom is 0.134 e. The molecule has 2 atom stereocenters. The first-order valence-corrected chi connectivity index (χ1v) is 6.68. The Bertz CT molecular complexity index is 481. The number of benzene rings is 1. The van der Waals surface area contributed by atoms with Crippen molar-refractivity contribution in [1.82, 2.24) is 5.32 Å². The van der Waals surface area contributed by atoms with E-state index in [-0.39, 0.29) is 6.04 Å². The zero-order chi connectivity index (χ0) is 12.4. The van der Waals surface area contributed by atoms with Gasteiger partial charge >= 0.3 is 0 Å². The normalized spacial score (nSPS) is 21.5. The van der Waals surface area contributed by atoms with Crippen LogP contribution in [0.15, 0.2) is 34.7 Å². The van der Waals surface area contributed by atoms with Crippen molar-refractivity contribution >= 4 is 11.0 Å². The monoisotopic (exact) mass is 245 g/mol. The Balaban J connectivity index is 1.92. The topological polar surface area (TPSA) is 34.4 Å². The van der Waals surface area contributed by atoms with E-state index in [0.717, 1.165) is 37.5 Å². The average Bonchev–Trinajstić information content (AvgIpc) is 3.04. The fourth-order valence-electron chi connectivity index (χ4n) is 2.69. The molecule has 96 valence electrons. The smallest absolute Gasteiger partial charge is 0.134 e. The van der Waals surface area contributed by atoms with Gasteiger partial charge in [0.1, 0.15) is 11.3 Å². The number of fused-ring (bicyclic) bond motifs is 1. The molecule has 1 aromatic carbocycles. The third kappa shape index (κ3) is 2.16. The van der Waals surface area contributed by atoms with Crippen LogP contribution >= 0.6 is 0 Å². The summed E-state index contributed by atoms with van der Waals surface area (Å²) in [6.45, 7) is 4.77. The molecule has 1 aliphatic heterocycles. The molecule has 0 amide bonds. The van der Waals surface area contributed by atoms with Crippen molar-refractivity contribution in [3.8, 4) is 0 Å². The molecule has 3 nitrogen and oxygen atoms in total. The Morgan fingerprint density at radius 2 is 2.28 bits per heavy atom. The van der Waals surface area contributed by atoms with Crippen molar-refractivity contribution in [2.75, 3.05) is 19.8 Å². The SMILES string of the molecule is CCNC(c1cc2ccccc2o1)C1CCOC1. The summed E-state index contributed by atoms with van der Waals surface area (Å²) in [6.07, 6.45) is 1.11. The van der Waals surface area contributed by atoms with E-state index in [0.29, 0.717) is 5.92 Å². The Morgan fingerprint density at radius 3 is 3.00 bits per heavy atom. The number of para-hydroxylation sites is 1. The number of rotatable bonds is 4. The van der Waals surface area contributed by atoms with Gasteiger partial charge in [0.15, 0.2) is 0 Å². The third-order valence-corrected chi connectivity index (χ3v) is 3.61. The van der Waals surface area contributed by atoms with E-state index in [9.17, 15) is 0 Å². The summed E-state index contributed by atoms with van der Waals surface area (Å²) >= 11 is 0. The van der Waals surface area contributed by atoms with Crippen LogP contribution in [0.1, 0.15) is 25.1 Å². The van der Waals surface area contributed by atoms with Crippen molar-refractivity contribution in [1.29, 1.82) is 0 Å². The molecule has 1 saturated heterocycles. The van der Waals surface area contributed by atoms with Crippen LogP contribution in [0.5, 0.6) is 0 Å². The minimum atomic E-state index is 0.268. The number of hydrogen-bond acceptors (Lipinski definition) is 3. The summed E-state index contributed by atoms with van der Waals surface area (Å²) in [6, 6.07) is 10.6. The lowest BCUT2D eigenvalue weighted by molar-refractivity contribution is 0.173. The van der Waals surface area contributed by atoms with Crippen molar-refractivity contribution in [2.45, 2.75) is 19.4 Å². The fourth-order valence-corrected chi connectivity index (χ4v) is 2.69. The van der Waals surface area contributed by atoms with E-state index in [1.165, 1.54) is 5.39 Å². The first kappa shape index (κ1) is 11.8. The third-order valence-electron chi connectivity index (χ3n) is 3.61. The molecular formula is C15H19NO2. The van der Waals surface area contributed by atoms with Crippen LogP contribution in [-0.2, 0) is 4.74 Å². The van der Waals surface area contributed by atoms with Gasteiger partial charge in [-0.3, -0.25) is 0 Å². The lowest BCUT2D eigenvalue weighted by Crippen LogP contribution is -2.28. The van der Waals surface area contributed by atoms with E-state index in [4.69, 9.17) is 9.15 Å². The Morgan fingerprint density at radius 1 is 1.39 bits per heavy atom. The van der Waals surface area contributed by atoms with Gasteiger partial charge in [0.2, 0.25) is 0 Å². The molecule has 0 saturated carbocycles. The first-order valence-electron chi connectivity index (χ1n) is 6.68. The Kier molecular flexibility index (Phi) is 3.35. The molecular weight excluding hydrogens is 226 g/mol. The maximum absolute atomic E-state index is 5.98. The van der Waals surface area contributed by atoms with Crippen molar-refractivity contribution in [2.24, 2.45) is 5.92 Å². The maximum atomic E-state index is 5.98. The van der Waals surface area contributed by atoms with Gasteiger partial charge in [0, 0.05) is 17.9 Å². The van der Waals surface area contributed by atoms with Gasteiger partial charge in [-0.1, -0.05) is 25.1 Å². The molecule has 3 heteroatoms. The highest BCUT2D eigenvalue weighted by Gasteiger charge is 2.28. The molecule has 1 aliphatic rings. The summed E-state index contributed by atoms with van der Waals surface area (Å²) in [4.78, 5) is 0. The highest BCUT2D eigenvalue weighted by atomic mass is 16.5. The molecule has 2 unspecified atom stereocenters. The highest BCUT2D eigenvalue weighted by molar-refractivity contribution is 5.77. The van der Waals surface area contributed by atoms with Gasteiger partial charge in [0.25, 0.3) is 0 Å². The predicted molar refractivity (Wildman–Crippen MR) is 71.6 cm³/mol. The van der Waals surface area contributed by atoms with Crippen molar-refractivity contribution in [3.05, 3.63) is 36.1 Å². The zero-order valence-electron chi connectivity index (χ0n) is 10.7. The quantitative estimate of drug-likeness (QED) is 0.898. The Hall–Kier alpha value is -1.32. The van der Waals surface area contributed by atoms with Crippen molar-refractivity contribution < 1.29 is 9.15 Å². The zero-order valence-corrected chi connectivity index (χ0v) is 10.7. The van der Waals surface area contributed by atoms with E-state index in [2.05, 4.69) is 24.4 Å². The van der Waals surface area contributed by atoms with E-state index < -0.39 is 0 Å². The molecule has 0 radical (unpaired) electrons. The summed E-state index contributed by atoms with van der Waals surface area (Å²) in [5.41, 5.74) is 0.967. The van der Waals surface area contributed by atoms with Gasteiger partial charge in [-0.25, -0.2) is 0 Å². The lowest BCUT2D eigenvalue weighted by atomic mass is 9.96. The minimum absolute atomic E-state index is 0.268. The standard InChI is InChI=1S/C15H19NO2/c1-2-16-15(12-7-8-17-10-12)14-9-11-5-3-4-6-13(11)18-14/h3-6,9,12,15-16H,2,7-8,10H2,1H3. The summed E-state index contributed by atoms with van der Waals surface area (Å²) < 4.78 is 11.5. The van der Waals surface area contributed by atoms with Crippen LogP contribution in [0.4, 0.5) is 0 Å². The molecule has 2 aromatic rings. The molecule has 0 aliphatic carbocycles. The number of hydrogen-bond donors (Lipinski definition) is 1. The van der Waals surface area contributed by atoms with Crippen LogP contribution in [0, 0.1) is 5.92 Å². The molecule has 0 spiro atoms. The predicted octanol–water partition coefficient (Wildman–Crippen LogP) is 3.12. The van der Waals surface area contributed by atoms with E-state index >= 15 is 0 Å². The minimum Gasteiger partial charge on any atom is -0.459 e. The number of furan rings is 1. The largest absolute Gasteiger partial charge is 0.459 e. The molecule has 2 heterocycles. The van der Waals surface area contributed by atoms with Gasteiger partial charge in [-0.15, -0.1) is 0 Å². The number of ether oxygens (including phenoxy) is 1. The Labute approximate surface area is 107 Å². The van der Waals surface area contributed by atoms with E-state index in [1.807, 2.05) is 18.2 Å². The number of nitrogens with one attached hydrogen (secondary N) is 1. The van der Waals surface area contributed by atoms with Gasteiger partial charge in [-0.05, 0) is 25.1 Å². The summed E-state index contributed by atoms with van der Waals surface area (Å²) in [5.74, 6) is 1.55. The molecule has 0 bridgehead atoms. The second-order valence-electron chi connectivity index (χ2n) is 4.85. The summed E-state index contributed by atoms with van der Waals surface area (Å²) in [5, 5.41) is 4.70. The van der Waals surface area contributed by atoms with Gasteiger partial charge < -0.3 is 14.5 Å². The molecule has 18 heavy (non-hydrogen) atoms. The first-order chi connectivity index (χ1) is 8.88.